The molecule has 1 amide bonds. The lowest BCUT2D eigenvalue weighted by Gasteiger charge is -2.30. The molecule has 2 bridgehead atoms. The zero-order valence-corrected chi connectivity index (χ0v) is 10.3. The number of aliphatic hydroxyl groups excluding tert-OH is 1. The molecule has 3 heteroatoms. The zero-order chi connectivity index (χ0) is 11.7. The average molecular weight is 225 g/mol. The van der Waals surface area contributed by atoms with E-state index < -0.39 is 0 Å². The first-order chi connectivity index (χ1) is 7.61. The number of amides is 1. The summed E-state index contributed by atoms with van der Waals surface area (Å²) in [5.41, 5.74) is 0. The van der Waals surface area contributed by atoms with Gasteiger partial charge in [0.15, 0.2) is 0 Å². The molecule has 0 spiro atoms. The molecule has 0 aromatic rings. The van der Waals surface area contributed by atoms with Crippen LogP contribution in [0.2, 0.25) is 0 Å². The van der Waals surface area contributed by atoms with E-state index in [0.29, 0.717) is 30.1 Å². The van der Waals surface area contributed by atoms with Crippen LogP contribution in [-0.4, -0.2) is 23.7 Å². The molecule has 2 aliphatic rings. The number of aliphatic hydroxyl groups is 1. The Bertz CT molecular complexity index is 265. The lowest BCUT2D eigenvalue weighted by molar-refractivity contribution is -0.123. The van der Waals surface area contributed by atoms with Crippen molar-refractivity contribution in [3.63, 3.8) is 0 Å². The first-order valence-corrected chi connectivity index (χ1v) is 6.52. The molecule has 92 valence electrons. The van der Waals surface area contributed by atoms with Crippen LogP contribution in [0.4, 0.5) is 0 Å². The Morgan fingerprint density at radius 3 is 2.69 bits per heavy atom. The van der Waals surface area contributed by atoms with Crippen molar-refractivity contribution < 1.29 is 9.90 Å². The van der Waals surface area contributed by atoms with E-state index >= 15 is 0 Å². The van der Waals surface area contributed by atoms with Crippen molar-refractivity contribution in [1.82, 2.24) is 5.32 Å². The Balaban J connectivity index is 1.91. The van der Waals surface area contributed by atoms with Crippen LogP contribution in [0, 0.1) is 23.7 Å². The minimum absolute atomic E-state index is 0.158. The highest BCUT2D eigenvalue weighted by Gasteiger charge is 2.47. The van der Waals surface area contributed by atoms with Gasteiger partial charge < -0.3 is 10.4 Å². The fourth-order valence-corrected chi connectivity index (χ4v) is 3.51. The number of carbonyl (C=O) groups is 1. The molecule has 0 aromatic heterocycles. The van der Waals surface area contributed by atoms with E-state index in [1.165, 1.54) is 19.3 Å². The first kappa shape index (κ1) is 11.9. The molecule has 0 radical (unpaired) electrons. The van der Waals surface area contributed by atoms with E-state index in [-0.39, 0.29) is 18.6 Å². The molecule has 4 atom stereocenters. The van der Waals surface area contributed by atoms with Crippen LogP contribution in [0.1, 0.15) is 39.5 Å². The minimum Gasteiger partial charge on any atom is -0.396 e. The standard InChI is InChI=1S/C13H23NO2/c1-8(2)5-12(16)14-13-10-4-3-9(6-10)11(13)7-15/h8-11,13,15H,3-7H2,1-2H3,(H,14,16). The third-order valence-corrected chi connectivity index (χ3v) is 4.22. The van der Waals surface area contributed by atoms with E-state index in [1.54, 1.807) is 0 Å². The van der Waals surface area contributed by atoms with Crippen LogP contribution < -0.4 is 5.32 Å². The van der Waals surface area contributed by atoms with Crippen LogP contribution in [0.5, 0.6) is 0 Å². The molecule has 16 heavy (non-hydrogen) atoms. The summed E-state index contributed by atoms with van der Waals surface area (Å²) in [5.74, 6) is 2.16. The third kappa shape index (κ3) is 2.24. The van der Waals surface area contributed by atoms with Gasteiger partial charge in [-0.3, -0.25) is 4.79 Å². The molecule has 0 aromatic carbocycles. The summed E-state index contributed by atoms with van der Waals surface area (Å²) in [6, 6.07) is 0.245. The number of fused-ring (bicyclic) bond motifs is 2. The Morgan fingerprint density at radius 1 is 1.38 bits per heavy atom. The van der Waals surface area contributed by atoms with Crippen LogP contribution in [0.15, 0.2) is 0 Å². The maximum Gasteiger partial charge on any atom is 0.220 e. The fourth-order valence-electron chi connectivity index (χ4n) is 3.51. The molecule has 2 rings (SSSR count). The van der Waals surface area contributed by atoms with Gasteiger partial charge in [0.1, 0.15) is 0 Å². The molecule has 2 aliphatic carbocycles. The Labute approximate surface area is 97.6 Å². The van der Waals surface area contributed by atoms with Crippen LogP contribution in [0.3, 0.4) is 0 Å². The highest BCUT2D eigenvalue weighted by molar-refractivity contribution is 5.76. The molecule has 0 heterocycles. The Hall–Kier alpha value is -0.570. The Kier molecular flexibility index (Phi) is 3.53. The lowest BCUT2D eigenvalue weighted by atomic mass is 9.85. The Morgan fingerprint density at radius 2 is 2.06 bits per heavy atom. The van der Waals surface area contributed by atoms with Crippen molar-refractivity contribution in [2.75, 3.05) is 6.61 Å². The van der Waals surface area contributed by atoms with Gasteiger partial charge in [-0.15, -0.1) is 0 Å². The molecule has 0 saturated heterocycles. The van der Waals surface area contributed by atoms with Crippen molar-refractivity contribution in [3.8, 4) is 0 Å². The minimum atomic E-state index is 0.158. The monoisotopic (exact) mass is 225 g/mol. The highest BCUT2D eigenvalue weighted by Crippen LogP contribution is 2.48. The van der Waals surface area contributed by atoms with Gasteiger partial charge in [0.25, 0.3) is 0 Å². The summed E-state index contributed by atoms with van der Waals surface area (Å²) in [7, 11) is 0. The summed E-state index contributed by atoms with van der Waals surface area (Å²) in [6.07, 6.45) is 4.28. The molecule has 0 aliphatic heterocycles. The fraction of sp³-hybridized carbons (Fsp3) is 0.923. The number of carbonyl (C=O) groups excluding carboxylic acids is 1. The summed E-state index contributed by atoms with van der Waals surface area (Å²) in [5, 5.41) is 12.5. The summed E-state index contributed by atoms with van der Waals surface area (Å²) in [4.78, 5) is 11.8. The van der Waals surface area contributed by atoms with Crippen LogP contribution >= 0.6 is 0 Å². The molecular formula is C13H23NO2. The van der Waals surface area contributed by atoms with E-state index in [2.05, 4.69) is 19.2 Å². The van der Waals surface area contributed by atoms with Gasteiger partial charge in [0.05, 0.1) is 0 Å². The van der Waals surface area contributed by atoms with Crippen molar-refractivity contribution in [2.24, 2.45) is 23.7 Å². The predicted molar refractivity (Wildman–Crippen MR) is 62.8 cm³/mol. The van der Waals surface area contributed by atoms with E-state index in [1.807, 2.05) is 0 Å². The number of nitrogens with one attached hydrogen (secondary N) is 1. The van der Waals surface area contributed by atoms with Gasteiger partial charge in [0, 0.05) is 25.0 Å². The quantitative estimate of drug-likeness (QED) is 0.762. The second-order valence-corrected chi connectivity index (χ2v) is 5.87. The van der Waals surface area contributed by atoms with Gasteiger partial charge in [-0.1, -0.05) is 13.8 Å². The second kappa shape index (κ2) is 4.74. The smallest absolute Gasteiger partial charge is 0.220 e. The van der Waals surface area contributed by atoms with E-state index in [9.17, 15) is 9.90 Å². The summed E-state index contributed by atoms with van der Waals surface area (Å²) < 4.78 is 0. The average Bonchev–Trinajstić information content (AvgIpc) is 2.76. The van der Waals surface area contributed by atoms with Crippen molar-refractivity contribution in [3.05, 3.63) is 0 Å². The van der Waals surface area contributed by atoms with Gasteiger partial charge in [-0.2, -0.15) is 0 Å². The molecule has 3 nitrogen and oxygen atoms in total. The largest absolute Gasteiger partial charge is 0.396 e. The van der Waals surface area contributed by atoms with Gasteiger partial charge in [-0.05, 0) is 37.0 Å². The van der Waals surface area contributed by atoms with E-state index in [0.717, 1.165) is 0 Å². The maximum absolute atomic E-state index is 11.8. The first-order valence-electron chi connectivity index (χ1n) is 6.52. The van der Waals surface area contributed by atoms with Gasteiger partial charge in [0.2, 0.25) is 5.91 Å². The van der Waals surface area contributed by atoms with Gasteiger partial charge >= 0.3 is 0 Å². The highest BCUT2D eigenvalue weighted by atomic mass is 16.3. The van der Waals surface area contributed by atoms with Crippen LogP contribution in [-0.2, 0) is 4.79 Å². The molecule has 2 saturated carbocycles. The van der Waals surface area contributed by atoms with Crippen molar-refractivity contribution >= 4 is 5.91 Å². The third-order valence-electron chi connectivity index (χ3n) is 4.22. The van der Waals surface area contributed by atoms with Gasteiger partial charge in [-0.25, -0.2) is 0 Å². The zero-order valence-electron chi connectivity index (χ0n) is 10.3. The molecule has 4 unspecified atom stereocenters. The summed E-state index contributed by atoms with van der Waals surface area (Å²) >= 11 is 0. The normalized spacial score (nSPS) is 37.0. The second-order valence-electron chi connectivity index (χ2n) is 5.87. The predicted octanol–water partition coefficient (Wildman–Crippen LogP) is 1.56. The lowest BCUT2D eigenvalue weighted by Crippen LogP contribution is -2.45. The number of hydrogen-bond acceptors (Lipinski definition) is 2. The van der Waals surface area contributed by atoms with Crippen LogP contribution in [0.25, 0.3) is 0 Å². The van der Waals surface area contributed by atoms with E-state index in [4.69, 9.17) is 0 Å². The van der Waals surface area contributed by atoms with Crippen molar-refractivity contribution in [1.29, 1.82) is 0 Å². The number of rotatable bonds is 4. The topological polar surface area (TPSA) is 49.3 Å². The van der Waals surface area contributed by atoms with Crippen molar-refractivity contribution in [2.45, 2.75) is 45.6 Å². The molecule has 2 fully saturated rings. The molecular weight excluding hydrogens is 202 g/mol. The maximum atomic E-state index is 11.8. The SMILES string of the molecule is CC(C)CC(=O)NC1C2CCC(C2)C1CO. The summed E-state index contributed by atoms with van der Waals surface area (Å²) in [6.45, 7) is 4.35. The molecule has 2 N–H and O–H groups in total. The number of hydrogen-bond donors (Lipinski definition) is 2.